The molecule has 0 aromatic heterocycles. The van der Waals surface area contributed by atoms with Crippen LogP contribution in [0, 0.1) is 0 Å². The minimum atomic E-state index is -4.00. The first kappa shape index (κ1) is 27.6. The first-order valence-corrected chi connectivity index (χ1v) is 12.3. The molecule has 0 aliphatic carbocycles. The number of benzene rings is 1. The van der Waals surface area contributed by atoms with Crippen LogP contribution < -0.4 is 5.32 Å². The van der Waals surface area contributed by atoms with Gasteiger partial charge in [-0.1, -0.05) is 76.5 Å². The standard InChI is InChI=1S/C16H33NO2.C6H6O3S/c1-2-3-4-5-6-7-8-11-14-17-15-12-9-10-13-16(18)19;7-10(8,9)6-4-2-1-3-5-6/h17H,2-15H2,1H3,(H,18,19);1-5H,(H,7,8,9). The second kappa shape index (κ2) is 18.6. The number of hydrogen-bond donors (Lipinski definition) is 3. The summed E-state index contributed by atoms with van der Waals surface area (Å²) < 4.78 is 29.2. The van der Waals surface area contributed by atoms with E-state index in [-0.39, 0.29) is 4.90 Å². The molecule has 0 aliphatic heterocycles. The van der Waals surface area contributed by atoms with Gasteiger partial charge in [0, 0.05) is 6.42 Å². The van der Waals surface area contributed by atoms with Crippen LogP contribution in [0.15, 0.2) is 35.2 Å². The van der Waals surface area contributed by atoms with Crippen molar-refractivity contribution >= 4 is 16.1 Å². The van der Waals surface area contributed by atoms with Crippen LogP contribution in [-0.4, -0.2) is 37.1 Å². The largest absolute Gasteiger partial charge is 0.481 e. The Morgan fingerprint density at radius 3 is 1.76 bits per heavy atom. The third-order valence-electron chi connectivity index (χ3n) is 4.49. The van der Waals surface area contributed by atoms with Gasteiger partial charge in [0.25, 0.3) is 10.1 Å². The summed E-state index contributed by atoms with van der Waals surface area (Å²) in [5, 5.41) is 11.9. The Morgan fingerprint density at radius 2 is 1.31 bits per heavy atom. The van der Waals surface area contributed by atoms with E-state index in [1.165, 1.54) is 63.5 Å². The molecule has 7 heteroatoms. The van der Waals surface area contributed by atoms with E-state index < -0.39 is 16.1 Å². The maximum absolute atomic E-state index is 10.4. The van der Waals surface area contributed by atoms with Crippen LogP contribution in [0.2, 0.25) is 0 Å². The van der Waals surface area contributed by atoms with Crippen LogP contribution in [0.3, 0.4) is 0 Å². The second-order valence-corrected chi connectivity index (χ2v) is 8.64. The molecule has 0 amide bonds. The van der Waals surface area contributed by atoms with Crippen molar-refractivity contribution in [1.82, 2.24) is 5.32 Å². The summed E-state index contributed by atoms with van der Waals surface area (Å²) in [6, 6.07) is 7.42. The highest BCUT2D eigenvalue weighted by molar-refractivity contribution is 7.85. The molecule has 0 saturated heterocycles. The zero-order valence-electron chi connectivity index (χ0n) is 17.8. The summed E-state index contributed by atoms with van der Waals surface area (Å²) in [6.07, 6.45) is 14.2. The van der Waals surface area contributed by atoms with Crippen LogP contribution >= 0.6 is 0 Å². The van der Waals surface area contributed by atoms with Crippen molar-refractivity contribution in [3.8, 4) is 0 Å². The summed E-state index contributed by atoms with van der Waals surface area (Å²) in [4.78, 5) is 10.2. The van der Waals surface area contributed by atoms with Crippen LogP contribution in [0.1, 0.15) is 84.0 Å². The molecule has 0 saturated carbocycles. The first-order valence-electron chi connectivity index (χ1n) is 10.8. The zero-order chi connectivity index (χ0) is 21.8. The van der Waals surface area contributed by atoms with Gasteiger partial charge in [0.05, 0.1) is 4.90 Å². The van der Waals surface area contributed by atoms with Gasteiger partial charge in [-0.2, -0.15) is 8.42 Å². The summed E-state index contributed by atoms with van der Waals surface area (Å²) >= 11 is 0. The average molecular weight is 430 g/mol. The van der Waals surface area contributed by atoms with Crippen LogP contribution in [0.25, 0.3) is 0 Å². The van der Waals surface area contributed by atoms with Gasteiger partial charge in [-0.15, -0.1) is 0 Å². The molecule has 0 aliphatic rings. The molecule has 0 unspecified atom stereocenters. The molecule has 29 heavy (non-hydrogen) atoms. The molecule has 0 spiro atoms. The maximum Gasteiger partial charge on any atom is 0.303 e. The van der Waals surface area contributed by atoms with Gasteiger partial charge in [-0.25, -0.2) is 0 Å². The predicted molar refractivity (Wildman–Crippen MR) is 118 cm³/mol. The lowest BCUT2D eigenvalue weighted by molar-refractivity contribution is -0.137. The SMILES string of the molecule is CCCCCCCCCCNCCCCCC(=O)O.O=S(=O)(O)c1ccccc1. The average Bonchev–Trinajstić information content (AvgIpc) is 2.68. The molecule has 0 atom stereocenters. The van der Waals surface area contributed by atoms with Gasteiger partial charge in [0.15, 0.2) is 0 Å². The summed E-state index contributed by atoms with van der Waals surface area (Å²) in [6.45, 7) is 4.41. The van der Waals surface area contributed by atoms with Crippen molar-refractivity contribution in [3.63, 3.8) is 0 Å². The lowest BCUT2D eigenvalue weighted by Gasteiger charge is -2.04. The molecule has 1 aromatic rings. The first-order chi connectivity index (χ1) is 13.9. The third kappa shape index (κ3) is 19.6. The van der Waals surface area contributed by atoms with Crippen molar-refractivity contribution < 1.29 is 22.9 Å². The minimum Gasteiger partial charge on any atom is -0.481 e. The van der Waals surface area contributed by atoms with Gasteiger partial charge in [0.1, 0.15) is 0 Å². The van der Waals surface area contributed by atoms with E-state index in [9.17, 15) is 13.2 Å². The van der Waals surface area contributed by atoms with Crippen molar-refractivity contribution in [1.29, 1.82) is 0 Å². The smallest absolute Gasteiger partial charge is 0.303 e. The topological polar surface area (TPSA) is 104 Å². The predicted octanol–water partition coefficient (Wildman–Crippen LogP) is 5.30. The minimum absolute atomic E-state index is 0.0741. The molecule has 0 bridgehead atoms. The van der Waals surface area contributed by atoms with E-state index in [2.05, 4.69) is 12.2 Å². The number of aliphatic carboxylic acids is 1. The van der Waals surface area contributed by atoms with Gasteiger partial charge in [0.2, 0.25) is 0 Å². The highest BCUT2D eigenvalue weighted by Gasteiger charge is 2.05. The fourth-order valence-corrected chi connectivity index (χ4v) is 3.31. The third-order valence-corrected chi connectivity index (χ3v) is 5.36. The van der Waals surface area contributed by atoms with E-state index >= 15 is 0 Å². The van der Waals surface area contributed by atoms with Crippen molar-refractivity contribution in [3.05, 3.63) is 30.3 Å². The number of rotatable bonds is 16. The molecule has 0 fully saturated rings. The molecule has 0 radical (unpaired) electrons. The number of carbonyl (C=O) groups is 1. The van der Waals surface area contributed by atoms with Crippen LogP contribution in [0.4, 0.5) is 0 Å². The van der Waals surface area contributed by atoms with Gasteiger partial charge >= 0.3 is 5.97 Å². The lowest BCUT2D eigenvalue weighted by Crippen LogP contribution is -2.16. The molecular formula is C22H39NO5S. The molecular weight excluding hydrogens is 390 g/mol. The van der Waals surface area contributed by atoms with Crippen LogP contribution in [-0.2, 0) is 14.9 Å². The Balaban J connectivity index is 0.000000651. The monoisotopic (exact) mass is 429 g/mol. The number of carboxylic acid groups (broad SMARTS) is 1. The number of hydrogen-bond acceptors (Lipinski definition) is 4. The quantitative estimate of drug-likeness (QED) is 0.243. The molecule has 6 nitrogen and oxygen atoms in total. The van der Waals surface area contributed by atoms with E-state index in [0.29, 0.717) is 6.42 Å². The normalized spacial score (nSPS) is 11.0. The highest BCUT2D eigenvalue weighted by atomic mass is 32.2. The Hall–Kier alpha value is -1.44. The summed E-state index contributed by atoms with van der Waals surface area (Å²) in [5.41, 5.74) is 0. The van der Waals surface area contributed by atoms with E-state index in [4.69, 9.17) is 9.66 Å². The van der Waals surface area contributed by atoms with E-state index in [1.54, 1.807) is 18.2 Å². The number of unbranched alkanes of at least 4 members (excludes halogenated alkanes) is 9. The van der Waals surface area contributed by atoms with Crippen molar-refractivity contribution in [2.24, 2.45) is 0 Å². The van der Waals surface area contributed by atoms with Gasteiger partial charge in [-0.05, 0) is 44.5 Å². The summed E-state index contributed by atoms with van der Waals surface area (Å²) in [7, 11) is -4.00. The Morgan fingerprint density at radius 1 is 0.828 bits per heavy atom. The molecule has 168 valence electrons. The molecule has 1 rings (SSSR count). The van der Waals surface area contributed by atoms with E-state index in [0.717, 1.165) is 32.4 Å². The van der Waals surface area contributed by atoms with E-state index in [1.807, 2.05) is 0 Å². The Kier molecular flexibility index (Phi) is 17.7. The molecule has 3 N–H and O–H groups in total. The molecule has 0 heterocycles. The summed E-state index contributed by atoms with van der Waals surface area (Å²) in [5.74, 6) is -0.674. The number of carboxylic acids is 1. The second-order valence-electron chi connectivity index (χ2n) is 7.22. The van der Waals surface area contributed by atoms with Gasteiger partial charge in [-0.3, -0.25) is 9.35 Å². The fourth-order valence-electron chi connectivity index (χ4n) is 2.80. The maximum atomic E-state index is 10.4. The Labute approximate surface area is 176 Å². The van der Waals surface area contributed by atoms with Gasteiger partial charge < -0.3 is 10.4 Å². The van der Waals surface area contributed by atoms with Crippen molar-refractivity contribution in [2.45, 2.75) is 88.9 Å². The number of nitrogens with one attached hydrogen (secondary N) is 1. The van der Waals surface area contributed by atoms with Crippen molar-refractivity contribution in [2.75, 3.05) is 13.1 Å². The highest BCUT2D eigenvalue weighted by Crippen LogP contribution is 2.08. The lowest BCUT2D eigenvalue weighted by atomic mass is 10.1. The fraction of sp³-hybridized carbons (Fsp3) is 0.682. The van der Waals surface area contributed by atoms with Crippen LogP contribution in [0.5, 0.6) is 0 Å². The zero-order valence-corrected chi connectivity index (χ0v) is 18.6. The molecule has 1 aromatic carbocycles. The Bertz CT molecular complexity index is 605.